The van der Waals surface area contributed by atoms with E-state index in [1.165, 1.54) is 7.11 Å². The van der Waals surface area contributed by atoms with Gasteiger partial charge in [-0.25, -0.2) is 0 Å². The molecule has 0 saturated heterocycles. The van der Waals surface area contributed by atoms with Crippen molar-refractivity contribution in [2.45, 2.75) is 31.9 Å². The quantitative estimate of drug-likeness (QED) is 0.866. The zero-order valence-electron chi connectivity index (χ0n) is 10.9. The molecule has 0 spiro atoms. The standard InChI is InChI=1S/C14H18N2O2/c1-4-14(2,18-3)13(17)16-12(10-15)11-8-6-5-7-9-11/h5-9,12H,4H2,1-3H3,(H,16,17). The predicted octanol–water partition coefficient (Wildman–Crippen LogP) is 2.18. The van der Waals surface area contributed by atoms with Gasteiger partial charge in [0.1, 0.15) is 11.6 Å². The fourth-order valence-corrected chi connectivity index (χ4v) is 1.52. The van der Waals surface area contributed by atoms with Crippen LogP contribution in [0.1, 0.15) is 31.9 Å². The summed E-state index contributed by atoms with van der Waals surface area (Å²) in [5.41, 5.74) is -0.132. The Morgan fingerprint density at radius 2 is 2.11 bits per heavy atom. The van der Waals surface area contributed by atoms with Crippen molar-refractivity contribution >= 4 is 5.91 Å². The van der Waals surface area contributed by atoms with Gasteiger partial charge in [0.25, 0.3) is 5.91 Å². The lowest BCUT2D eigenvalue weighted by Gasteiger charge is -2.26. The summed E-state index contributed by atoms with van der Waals surface area (Å²) in [5.74, 6) is -0.275. The summed E-state index contributed by atoms with van der Waals surface area (Å²) in [5, 5.41) is 11.8. The lowest BCUT2D eigenvalue weighted by molar-refractivity contribution is -0.142. The van der Waals surface area contributed by atoms with E-state index in [0.29, 0.717) is 6.42 Å². The van der Waals surface area contributed by atoms with Gasteiger partial charge in [-0.2, -0.15) is 5.26 Å². The lowest BCUT2D eigenvalue weighted by atomic mass is 10.0. The number of ether oxygens (including phenoxy) is 1. The van der Waals surface area contributed by atoms with Gasteiger partial charge in [-0.05, 0) is 18.9 Å². The maximum absolute atomic E-state index is 12.1. The fraction of sp³-hybridized carbons (Fsp3) is 0.429. The summed E-state index contributed by atoms with van der Waals surface area (Å²) in [7, 11) is 1.49. The smallest absolute Gasteiger partial charge is 0.253 e. The van der Waals surface area contributed by atoms with Gasteiger partial charge in [0.15, 0.2) is 0 Å². The van der Waals surface area contributed by atoms with Gasteiger partial charge in [0, 0.05) is 7.11 Å². The number of carbonyl (C=O) groups excluding carboxylic acids is 1. The second-order valence-electron chi connectivity index (χ2n) is 4.23. The van der Waals surface area contributed by atoms with Crippen molar-refractivity contribution in [2.24, 2.45) is 0 Å². The first-order chi connectivity index (χ1) is 8.57. The van der Waals surface area contributed by atoms with Gasteiger partial charge in [-0.1, -0.05) is 37.3 Å². The van der Waals surface area contributed by atoms with E-state index in [-0.39, 0.29) is 5.91 Å². The van der Waals surface area contributed by atoms with E-state index in [9.17, 15) is 4.79 Å². The van der Waals surface area contributed by atoms with E-state index in [1.54, 1.807) is 6.92 Å². The number of carbonyl (C=O) groups is 1. The minimum Gasteiger partial charge on any atom is -0.369 e. The van der Waals surface area contributed by atoms with Crippen molar-refractivity contribution in [3.05, 3.63) is 35.9 Å². The van der Waals surface area contributed by atoms with Crippen molar-refractivity contribution in [2.75, 3.05) is 7.11 Å². The van der Waals surface area contributed by atoms with Crippen LogP contribution in [0.4, 0.5) is 0 Å². The number of nitriles is 1. The zero-order chi connectivity index (χ0) is 13.6. The average Bonchev–Trinajstić information content (AvgIpc) is 2.44. The van der Waals surface area contributed by atoms with Gasteiger partial charge in [-0.3, -0.25) is 4.79 Å². The van der Waals surface area contributed by atoms with Crippen molar-refractivity contribution in [1.29, 1.82) is 5.26 Å². The summed E-state index contributed by atoms with van der Waals surface area (Å²) in [4.78, 5) is 12.1. The number of nitrogens with one attached hydrogen (secondary N) is 1. The van der Waals surface area contributed by atoms with Crippen molar-refractivity contribution in [3.63, 3.8) is 0 Å². The van der Waals surface area contributed by atoms with Crippen LogP contribution in [0, 0.1) is 11.3 Å². The number of nitrogens with zero attached hydrogens (tertiary/aromatic N) is 1. The van der Waals surface area contributed by atoms with Crippen LogP contribution in [0.25, 0.3) is 0 Å². The molecule has 2 atom stereocenters. The molecule has 0 aliphatic heterocycles. The molecule has 0 radical (unpaired) electrons. The maximum Gasteiger partial charge on any atom is 0.253 e. The molecule has 1 aromatic rings. The molecule has 2 unspecified atom stereocenters. The average molecular weight is 246 g/mol. The highest BCUT2D eigenvalue weighted by atomic mass is 16.5. The van der Waals surface area contributed by atoms with E-state index in [2.05, 4.69) is 11.4 Å². The summed E-state index contributed by atoms with van der Waals surface area (Å²) in [6.07, 6.45) is 0.544. The highest BCUT2D eigenvalue weighted by Crippen LogP contribution is 2.17. The van der Waals surface area contributed by atoms with Gasteiger partial charge in [-0.15, -0.1) is 0 Å². The second-order valence-corrected chi connectivity index (χ2v) is 4.23. The number of amides is 1. The van der Waals surface area contributed by atoms with E-state index in [0.717, 1.165) is 5.56 Å². The molecule has 1 amide bonds. The minimum absolute atomic E-state index is 0.275. The Morgan fingerprint density at radius 3 is 2.56 bits per heavy atom. The van der Waals surface area contributed by atoms with Crippen LogP contribution in [-0.2, 0) is 9.53 Å². The molecule has 18 heavy (non-hydrogen) atoms. The molecular formula is C14H18N2O2. The predicted molar refractivity (Wildman–Crippen MR) is 68.6 cm³/mol. The first-order valence-corrected chi connectivity index (χ1v) is 5.88. The molecule has 0 saturated carbocycles. The van der Waals surface area contributed by atoms with Crippen molar-refractivity contribution < 1.29 is 9.53 Å². The number of rotatable bonds is 5. The summed E-state index contributed by atoms with van der Waals surface area (Å²) >= 11 is 0. The molecule has 0 aliphatic carbocycles. The third-order valence-electron chi connectivity index (χ3n) is 3.14. The van der Waals surface area contributed by atoms with Crippen LogP contribution in [0.2, 0.25) is 0 Å². The van der Waals surface area contributed by atoms with Crippen molar-refractivity contribution in [3.8, 4) is 6.07 Å². The molecule has 96 valence electrons. The van der Waals surface area contributed by atoms with E-state index in [4.69, 9.17) is 10.00 Å². The van der Waals surface area contributed by atoms with E-state index in [1.807, 2.05) is 37.3 Å². The largest absolute Gasteiger partial charge is 0.369 e. The van der Waals surface area contributed by atoms with Crippen LogP contribution < -0.4 is 5.32 Å². The number of benzene rings is 1. The van der Waals surface area contributed by atoms with Crippen LogP contribution >= 0.6 is 0 Å². The monoisotopic (exact) mass is 246 g/mol. The molecule has 4 nitrogen and oxygen atoms in total. The molecule has 4 heteroatoms. The number of hydrogen-bond donors (Lipinski definition) is 1. The highest BCUT2D eigenvalue weighted by Gasteiger charge is 2.32. The molecule has 0 heterocycles. The molecule has 0 fully saturated rings. The summed E-state index contributed by atoms with van der Waals surface area (Å²) < 4.78 is 5.21. The third kappa shape index (κ3) is 3.08. The Kier molecular flexibility index (Phi) is 4.87. The molecule has 1 aromatic carbocycles. The molecule has 0 aromatic heterocycles. The van der Waals surface area contributed by atoms with E-state index < -0.39 is 11.6 Å². The Morgan fingerprint density at radius 1 is 1.50 bits per heavy atom. The van der Waals surface area contributed by atoms with Gasteiger partial charge in [0.2, 0.25) is 0 Å². The van der Waals surface area contributed by atoms with Crippen LogP contribution in [0.3, 0.4) is 0 Å². The van der Waals surface area contributed by atoms with Crippen molar-refractivity contribution in [1.82, 2.24) is 5.32 Å². The molecule has 0 aliphatic rings. The minimum atomic E-state index is -0.899. The number of hydrogen-bond acceptors (Lipinski definition) is 3. The van der Waals surface area contributed by atoms with Gasteiger partial charge >= 0.3 is 0 Å². The SMILES string of the molecule is CCC(C)(OC)C(=O)NC(C#N)c1ccccc1. The fourth-order valence-electron chi connectivity index (χ4n) is 1.52. The topological polar surface area (TPSA) is 62.1 Å². The number of methoxy groups -OCH3 is 1. The Bertz CT molecular complexity index is 433. The Balaban J connectivity index is 2.83. The maximum atomic E-state index is 12.1. The summed E-state index contributed by atoms with van der Waals surface area (Å²) in [6.45, 7) is 3.58. The molecular weight excluding hydrogens is 228 g/mol. The molecule has 1 rings (SSSR count). The zero-order valence-corrected chi connectivity index (χ0v) is 10.9. The normalized spacial score (nSPS) is 15.2. The van der Waals surface area contributed by atoms with Crippen LogP contribution in [0.5, 0.6) is 0 Å². The first kappa shape index (κ1) is 14.2. The second kappa shape index (κ2) is 6.18. The molecule has 1 N–H and O–H groups in total. The van der Waals surface area contributed by atoms with Crippen LogP contribution in [-0.4, -0.2) is 18.6 Å². The Labute approximate surface area is 108 Å². The van der Waals surface area contributed by atoms with Gasteiger partial charge < -0.3 is 10.1 Å². The highest BCUT2D eigenvalue weighted by molar-refractivity contribution is 5.85. The van der Waals surface area contributed by atoms with Gasteiger partial charge in [0.05, 0.1) is 6.07 Å². The first-order valence-electron chi connectivity index (χ1n) is 5.88. The Hall–Kier alpha value is -1.86. The summed E-state index contributed by atoms with van der Waals surface area (Å²) in [6, 6.07) is 10.6. The van der Waals surface area contributed by atoms with Crippen LogP contribution in [0.15, 0.2) is 30.3 Å². The third-order valence-corrected chi connectivity index (χ3v) is 3.14. The lowest BCUT2D eigenvalue weighted by Crippen LogP contribution is -2.46. The van der Waals surface area contributed by atoms with E-state index >= 15 is 0 Å². The molecule has 0 bridgehead atoms.